The molecule has 5 heteroatoms. The highest BCUT2D eigenvalue weighted by atomic mass is 16.2. The van der Waals surface area contributed by atoms with E-state index in [9.17, 15) is 9.59 Å². The van der Waals surface area contributed by atoms with E-state index in [-0.39, 0.29) is 17.5 Å². The molecule has 0 aromatic carbocycles. The van der Waals surface area contributed by atoms with Crippen LogP contribution in [0.25, 0.3) is 0 Å². The number of carbonyl (C=O) groups is 2. The Labute approximate surface area is 112 Å². The monoisotopic (exact) mass is 259 g/mol. The summed E-state index contributed by atoms with van der Waals surface area (Å²) in [6, 6.07) is 3.18. The summed E-state index contributed by atoms with van der Waals surface area (Å²) in [5.74, 6) is -0.325. The first-order valence-corrected chi connectivity index (χ1v) is 6.37. The second kappa shape index (κ2) is 6.13. The lowest BCUT2D eigenvalue weighted by Crippen LogP contribution is -2.29. The summed E-state index contributed by atoms with van der Waals surface area (Å²) < 4.78 is 0. The van der Waals surface area contributed by atoms with Crippen LogP contribution in [0.2, 0.25) is 0 Å². The fourth-order valence-electron chi connectivity index (χ4n) is 2.05. The Kier molecular flexibility index (Phi) is 4.28. The van der Waals surface area contributed by atoms with E-state index in [2.05, 4.69) is 16.9 Å². The molecule has 0 bridgehead atoms. The van der Waals surface area contributed by atoms with E-state index >= 15 is 0 Å². The Hall–Kier alpha value is -2.17. The molecular formula is C14H17N3O2. The van der Waals surface area contributed by atoms with Crippen molar-refractivity contribution in [2.45, 2.75) is 12.8 Å². The van der Waals surface area contributed by atoms with Crippen molar-refractivity contribution in [3.63, 3.8) is 0 Å². The Morgan fingerprint density at radius 1 is 1.42 bits per heavy atom. The average Bonchev–Trinajstić information content (AvgIpc) is 2.98. The number of nitrogens with zero attached hydrogens (tertiary/aromatic N) is 2. The lowest BCUT2D eigenvalue weighted by molar-refractivity contribution is 0.0792. The fraction of sp³-hybridized carbons (Fsp3) is 0.357. The van der Waals surface area contributed by atoms with Gasteiger partial charge in [-0.05, 0) is 25.0 Å². The second-order valence-corrected chi connectivity index (χ2v) is 4.43. The van der Waals surface area contributed by atoms with Crippen molar-refractivity contribution in [3.05, 3.63) is 42.2 Å². The van der Waals surface area contributed by atoms with Gasteiger partial charge >= 0.3 is 0 Å². The topological polar surface area (TPSA) is 62.3 Å². The molecular weight excluding hydrogens is 242 g/mol. The highest BCUT2D eigenvalue weighted by molar-refractivity contribution is 5.98. The first kappa shape index (κ1) is 13.3. The molecule has 1 saturated heterocycles. The molecule has 0 aliphatic carbocycles. The molecule has 1 aliphatic rings. The summed E-state index contributed by atoms with van der Waals surface area (Å²) in [6.45, 7) is 5.49. The van der Waals surface area contributed by atoms with Crippen LogP contribution in [0.1, 0.15) is 33.7 Å². The molecule has 0 saturated carbocycles. The molecule has 2 amide bonds. The van der Waals surface area contributed by atoms with E-state index in [1.165, 1.54) is 6.20 Å². The number of hydrogen-bond donors (Lipinski definition) is 1. The smallest absolute Gasteiger partial charge is 0.270 e. The van der Waals surface area contributed by atoms with Crippen molar-refractivity contribution >= 4 is 11.8 Å². The fourth-order valence-corrected chi connectivity index (χ4v) is 2.05. The molecule has 100 valence electrons. The van der Waals surface area contributed by atoms with Crippen molar-refractivity contribution in [1.82, 2.24) is 15.2 Å². The minimum Gasteiger partial charge on any atom is -0.347 e. The van der Waals surface area contributed by atoms with E-state index in [4.69, 9.17) is 0 Å². The summed E-state index contributed by atoms with van der Waals surface area (Å²) in [6.07, 6.45) is 5.18. The first-order valence-electron chi connectivity index (χ1n) is 6.37. The molecule has 0 atom stereocenters. The number of hydrogen-bond acceptors (Lipinski definition) is 3. The molecule has 0 radical (unpaired) electrons. The molecule has 1 aliphatic heterocycles. The van der Waals surface area contributed by atoms with Crippen molar-refractivity contribution in [3.8, 4) is 0 Å². The van der Waals surface area contributed by atoms with Gasteiger partial charge in [-0.25, -0.2) is 0 Å². The largest absolute Gasteiger partial charge is 0.347 e. The first-order chi connectivity index (χ1) is 9.22. The van der Waals surface area contributed by atoms with Crippen LogP contribution in [0, 0.1) is 0 Å². The van der Waals surface area contributed by atoms with Crippen molar-refractivity contribution in [2.75, 3.05) is 19.6 Å². The van der Waals surface area contributed by atoms with Gasteiger partial charge < -0.3 is 10.2 Å². The number of amides is 2. The maximum atomic E-state index is 12.2. The van der Waals surface area contributed by atoms with E-state index in [1.807, 2.05) is 0 Å². The Balaban J connectivity index is 2.11. The zero-order valence-electron chi connectivity index (χ0n) is 10.8. The zero-order valence-corrected chi connectivity index (χ0v) is 10.8. The molecule has 1 fully saturated rings. The van der Waals surface area contributed by atoms with Crippen LogP contribution in [0.3, 0.4) is 0 Å². The molecule has 1 aromatic heterocycles. The van der Waals surface area contributed by atoms with E-state index in [0.717, 1.165) is 25.9 Å². The predicted molar refractivity (Wildman–Crippen MR) is 71.9 cm³/mol. The minimum atomic E-state index is -0.295. The Morgan fingerprint density at radius 2 is 2.16 bits per heavy atom. The van der Waals surface area contributed by atoms with Gasteiger partial charge in [-0.3, -0.25) is 14.6 Å². The summed E-state index contributed by atoms with van der Waals surface area (Å²) in [4.78, 5) is 29.7. The summed E-state index contributed by atoms with van der Waals surface area (Å²) in [5, 5.41) is 2.64. The molecule has 0 unspecified atom stereocenters. The summed E-state index contributed by atoms with van der Waals surface area (Å²) in [7, 11) is 0. The predicted octanol–water partition coefficient (Wildman–Crippen LogP) is 1.23. The number of aromatic nitrogens is 1. The highest BCUT2D eigenvalue weighted by Gasteiger charge is 2.20. The van der Waals surface area contributed by atoms with Gasteiger partial charge in [-0.15, -0.1) is 6.58 Å². The van der Waals surface area contributed by atoms with E-state index in [0.29, 0.717) is 12.1 Å². The van der Waals surface area contributed by atoms with Crippen molar-refractivity contribution in [1.29, 1.82) is 0 Å². The standard InChI is InChI=1S/C14H17N3O2/c1-2-6-16-13(18)12-10-11(5-7-15-12)14(19)17-8-3-4-9-17/h2,5,7,10H,1,3-4,6,8-9H2,(H,16,18). The number of pyridine rings is 1. The highest BCUT2D eigenvalue weighted by Crippen LogP contribution is 2.13. The summed E-state index contributed by atoms with van der Waals surface area (Å²) in [5.41, 5.74) is 0.771. The zero-order chi connectivity index (χ0) is 13.7. The molecule has 2 heterocycles. The van der Waals surface area contributed by atoms with Crippen LogP contribution in [0.15, 0.2) is 31.0 Å². The summed E-state index contributed by atoms with van der Waals surface area (Å²) >= 11 is 0. The van der Waals surface area contributed by atoms with Gasteiger partial charge in [0.2, 0.25) is 0 Å². The van der Waals surface area contributed by atoms with Crippen LogP contribution >= 0.6 is 0 Å². The van der Waals surface area contributed by atoms with Gasteiger partial charge in [0, 0.05) is 31.4 Å². The molecule has 2 rings (SSSR count). The normalized spacial score (nSPS) is 14.2. The molecule has 5 nitrogen and oxygen atoms in total. The quantitative estimate of drug-likeness (QED) is 0.827. The third kappa shape index (κ3) is 3.19. The number of likely N-dealkylation sites (tertiary alicyclic amines) is 1. The molecule has 1 aromatic rings. The number of nitrogens with one attached hydrogen (secondary N) is 1. The molecule has 1 N–H and O–H groups in total. The maximum Gasteiger partial charge on any atom is 0.270 e. The Bertz CT molecular complexity index is 493. The van der Waals surface area contributed by atoms with Crippen LogP contribution in [-0.2, 0) is 0 Å². The molecule has 19 heavy (non-hydrogen) atoms. The van der Waals surface area contributed by atoms with Gasteiger partial charge in [0.05, 0.1) is 0 Å². The lowest BCUT2D eigenvalue weighted by Gasteiger charge is -2.15. The van der Waals surface area contributed by atoms with Crippen molar-refractivity contribution in [2.24, 2.45) is 0 Å². The van der Waals surface area contributed by atoms with Gasteiger partial charge in [0.15, 0.2) is 0 Å². The van der Waals surface area contributed by atoms with Crippen LogP contribution in [0.4, 0.5) is 0 Å². The van der Waals surface area contributed by atoms with E-state index < -0.39 is 0 Å². The number of rotatable bonds is 4. The SMILES string of the molecule is C=CCNC(=O)c1cc(C(=O)N2CCCC2)ccn1. The second-order valence-electron chi connectivity index (χ2n) is 4.43. The van der Waals surface area contributed by atoms with Gasteiger partial charge in [-0.2, -0.15) is 0 Å². The third-order valence-electron chi connectivity index (χ3n) is 3.04. The van der Waals surface area contributed by atoms with Crippen molar-refractivity contribution < 1.29 is 9.59 Å². The number of carbonyl (C=O) groups excluding carboxylic acids is 2. The van der Waals surface area contributed by atoms with Gasteiger partial charge in [0.1, 0.15) is 5.69 Å². The maximum absolute atomic E-state index is 12.2. The lowest BCUT2D eigenvalue weighted by atomic mass is 10.2. The third-order valence-corrected chi connectivity index (χ3v) is 3.04. The van der Waals surface area contributed by atoms with Gasteiger partial charge in [0.25, 0.3) is 11.8 Å². The Morgan fingerprint density at radius 3 is 2.84 bits per heavy atom. The van der Waals surface area contributed by atoms with E-state index in [1.54, 1.807) is 23.1 Å². The van der Waals surface area contributed by atoms with Crippen LogP contribution in [-0.4, -0.2) is 41.3 Å². The minimum absolute atomic E-state index is 0.0299. The van der Waals surface area contributed by atoms with Gasteiger partial charge in [-0.1, -0.05) is 6.08 Å². The van der Waals surface area contributed by atoms with Crippen LogP contribution < -0.4 is 5.32 Å². The van der Waals surface area contributed by atoms with Crippen LogP contribution in [0.5, 0.6) is 0 Å². The average molecular weight is 259 g/mol. The molecule has 0 spiro atoms.